The van der Waals surface area contributed by atoms with Gasteiger partial charge in [-0.3, -0.25) is 0 Å². The van der Waals surface area contributed by atoms with Gasteiger partial charge in [-0.2, -0.15) is 0 Å². The molecule has 2 aliphatic rings. The Bertz CT molecular complexity index is 240. The maximum Gasteiger partial charge on any atom is 0.315 e. The number of rotatable bonds is 3. The molecule has 1 atom stereocenters. The van der Waals surface area contributed by atoms with Crippen molar-refractivity contribution in [3.8, 4) is 0 Å². The molecule has 1 heterocycles. The fraction of sp³-hybridized carbons (Fsp3) is 0.917. The average molecular weight is 225 g/mol. The van der Waals surface area contributed by atoms with Gasteiger partial charge in [0.2, 0.25) is 0 Å². The van der Waals surface area contributed by atoms with Gasteiger partial charge in [0.05, 0.1) is 0 Å². The number of nitrogens with zero attached hydrogens (tertiary/aromatic N) is 1. The molecule has 1 saturated heterocycles. The van der Waals surface area contributed by atoms with Crippen LogP contribution in [0.4, 0.5) is 4.79 Å². The normalized spacial score (nSPS) is 27.2. The molecule has 92 valence electrons. The Labute approximate surface area is 97.8 Å². The zero-order chi connectivity index (χ0) is 11.4. The fourth-order valence-corrected chi connectivity index (χ4v) is 2.40. The highest BCUT2D eigenvalue weighted by atomic mass is 16.2. The largest absolute Gasteiger partial charge is 0.337 e. The van der Waals surface area contributed by atoms with Crippen molar-refractivity contribution in [3.05, 3.63) is 0 Å². The van der Waals surface area contributed by atoms with Crippen LogP contribution in [-0.4, -0.2) is 43.2 Å². The molecule has 0 bridgehead atoms. The van der Waals surface area contributed by atoms with Crippen LogP contribution in [-0.2, 0) is 0 Å². The molecule has 16 heavy (non-hydrogen) atoms. The van der Waals surface area contributed by atoms with E-state index in [1.165, 1.54) is 25.7 Å². The maximum atomic E-state index is 11.6. The molecule has 0 radical (unpaired) electrons. The lowest BCUT2D eigenvalue weighted by Gasteiger charge is -2.33. The van der Waals surface area contributed by atoms with Crippen LogP contribution in [0.2, 0.25) is 0 Å². The van der Waals surface area contributed by atoms with Gasteiger partial charge < -0.3 is 15.5 Å². The van der Waals surface area contributed by atoms with Gasteiger partial charge in [-0.05, 0) is 45.7 Å². The van der Waals surface area contributed by atoms with Crippen LogP contribution in [0, 0.1) is 0 Å². The van der Waals surface area contributed by atoms with Crippen molar-refractivity contribution in [1.29, 1.82) is 0 Å². The van der Waals surface area contributed by atoms with E-state index in [1.807, 2.05) is 0 Å². The number of carbonyl (C=O) groups is 1. The number of nitrogens with one attached hydrogen (secondary N) is 2. The number of carbonyl (C=O) groups excluding carboxylic acids is 1. The summed E-state index contributed by atoms with van der Waals surface area (Å²) in [6.45, 7) is 1.95. The van der Waals surface area contributed by atoms with Crippen LogP contribution < -0.4 is 10.6 Å². The molecular weight excluding hydrogens is 202 g/mol. The molecule has 1 aliphatic heterocycles. The summed E-state index contributed by atoms with van der Waals surface area (Å²) in [7, 11) is 2.15. The smallest absolute Gasteiger partial charge is 0.315 e. The van der Waals surface area contributed by atoms with Gasteiger partial charge in [0.1, 0.15) is 0 Å². The summed E-state index contributed by atoms with van der Waals surface area (Å²) in [5.74, 6) is 0. The molecular formula is C12H23N3O. The number of amides is 2. The third-order valence-electron chi connectivity index (χ3n) is 3.86. The van der Waals surface area contributed by atoms with Crippen LogP contribution in [0.5, 0.6) is 0 Å². The van der Waals surface area contributed by atoms with Crippen molar-refractivity contribution in [2.24, 2.45) is 0 Å². The zero-order valence-corrected chi connectivity index (χ0v) is 10.2. The highest BCUT2D eigenvalue weighted by Crippen LogP contribution is 2.17. The highest BCUT2D eigenvalue weighted by Gasteiger charge is 2.21. The summed E-state index contributed by atoms with van der Waals surface area (Å²) in [6, 6.07) is 0.980. The monoisotopic (exact) mass is 225 g/mol. The van der Waals surface area contributed by atoms with Gasteiger partial charge in [-0.1, -0.05) is 6.42 Å². The Morgan fingerprint density at radius 3 is 2.69 bits per heavy atom. The van der Waals surface area contributed by atoms with Crippen LogP contribution in [0.3, 0.4) is 0 Å². The minimum absolute atomic E-state index is 0.0173. The van der Waals surface area contributed by atoms with Crippen LogP contribution in [0.25, 0.3) is 0 Å². The molecule has 0 aromatic rings. The molecule has 4 nitrogen and oxygen atoms in total. The predicted octanol–water partition coefficient (Wildman–Crippen LogP) is 1.32. The van der Waals surface area contributed by atoms with E-state index in [-0.39, 0.29) is 6.03 Å². The predicted molar refractivity (Wildman–Crippen MR) is 64.4 cm³/mol. The van der Waals surface area contributed by atoms with E-state index in [2.05, 4.69) is 22.6 Å². The number of hydrogen-bond donors (Lipinski definition) is 2. The second kappa shape index (κ2) is 5.53. The van der Waals surface area contributed by atoms with Crippen molar-refractivity contribution < 1.29 is 4.79 Å². The molecule has 0 aromatic carbocycles. The Hall–Kier alpha value is -0.770. The van der Waals surface area contributed by atoms with Crippen LogP contribution >= 0.6 is 0 Å². The molecule has 2 amide bonds. The van der Waals surface area contributed by atoms with E-state index in [0.717, 1.165) is 25.9 Å². The lowest BCUT2D eigenvalue weighted by molar-refractivity contribution is 0.178. The van der Waals surface area contributed by atoms with Gasteiger partial charge in [0.15, 0.2) is 0 Å². The number of urea groups is 1. The summed E-state index contributed by atoms with van der Waals surface area (Å²) in [5.41, 5.74) is 0. The molecule has 2 N–H and O–H groups in total. The topological polar surface area (TPSA) is 44.4 Å². The minimum Gasteiger partial charge on any atom is -0.337 e. The van der Waals surface area contributed by atoms with Gasteiger partial charge in [-0.15, -0.1) is 0 Å². The van der Waals surface area contributed by atoms with Crippen molar-refractivity contribution in [1.82, 2.24) is 15.5 Å². The molecule has 4 heteroatoms. The van der Waals surface area contributed by atoms with Gasteiger partial charge in [0.25, 0.3) is 0 Å². The van der Waals surface area contributed by atoms with Crippen molar-refractivity contribution >= 4 is 6.03 Å². The molecule has 0 aromatic heterocycles. The third-order valence-corrected chi connectivity index (χ3v) is 3.86. The molecule has 2 rings (SSSR count). The average Bonchev–Trinajstić information content (AvgIpc) is 2.22. The highest BCUT2D eigenvalue weighted by molar-refractivity contribution is 5.74. The first-order valence-corrected chi connectivity index (χ1v) is 6.50. The van der Waals surface area contributed by atoms with Crippen molar-refractivity contribution in [2.75, 3.05) is 20.1 Å². The quantitative estimate of drug-likeness (QED) is 0.761. The Balaban J connectivity index is 1.63. The van der Waals surface area contributed by atoms with E-state index in [0.29, 0.717) is 12.1 Å². The fourth-order valence-electron chi connectivity index (χ4n) is 2.40. The molecule has 0 spiro atoms. The second-order valence-electron chi connectivity index (χ2n) is 5.11. The van der Waals surface area contributed by atoms with Gasteiger partial charge in [0, 0.05) is 18.6 Å². The minimum atomic E-state index is 0.0173. The summed E-state index contributed by atoms with van der Waals surface area (Å²) in [6.07, 6.45) is 7.35. The summed E-state index contributed by atoms with van der Waals surface area (Å²) >= 11 is 0. The summed E-state index contributed by atoms with van der Waals surface area (Å²) in [5, 5.41) is 5.99. The Morgan fingerprint density at radius 2 is 2.06 bits per heavy atom. The Kier molecular flexibility index (Phi) is 4.04. The molecule has 1 unspecified atom stereocenters. The zero-order valence-electron chi connectivity index (χ0n) is 10.2. The standard InChI is InChI=1S/C12H23N3O/c1-15-8-3-2-7-11(15)9-13-12(16)14-10-5-4-6-10/h10-11H,2-9H2,1H3,(H2,13,14,16). The van der Waals surface area contributed by atoms with Gasteiger partial charge >= 0.3 is 6.03 Å². The second-order valence-corrected chi connectivity index (χ2v) is 5.11. The van der Waals surface area contributed by atoms with Gasteiger partial charge in [-0.25, -0.2) is 4.79 Å². The summed E-state index contributed by atoms with van der Waals surface area (Å²) in [4.78, 5) is 13.9. The van der Waals surface area contributed by atoms with E-state index in [1.54, 1.807) is 0 Å². The first-order valence-electron chi connectivity index (χ1n) is 6.50. The lowest BCUT2D eigenvalue weighted by atomic mass is 9.93. The summed E-state index contributed by atoms with van der Waals surface area (Å²) < 4.78 is 0. The first-order chi connectivity index (χ1) is 7.75. The van der Waals surface area contributed by atoms with Crippen LogP contribution in [0.15, 0.2) is 0 Å². The van der Waals surface area contributed by atoms with E-state index < -0.39 is 0 Å². The number of hydrogen-bond acceptors (Lipinski definition) is 2. The number of likely N-dealkylation sites (N-methyl/N-ethyl adjacent to an activating group) is 1. The number of likely N-dealkylation sites (tertiary alicyclic amines) is 1. The van der Waals surface area contributed by atoms with E-state index in [4.69, 9.17) is 0 Å². The van der Waals surface area contributed by atoms with Crippen molar-refractivity contribution in [2.45, 2.75) is 50.6 Å². The molecule has 1 aliphatic carbocycles. The van der Waals surface area contributed by atoms with Crippen LogP contribution in [0.1, 0.15) is 38.5 Å². The SMILES string of the molecule is CN1CCCCC1CNC(=O)NC1CCC1. The molecule has 2 fully saturated rings. The van der Waals surface area contributed by atoms with E-state index in [9.17, 15) is 4.79 Å². The lowest BCUT2D eigenvalue weighted by Crippen LogP contribution is -2.50. The maximum absolute atomic E-state index is 11.6. The van der Waals surface area contributed by atoms with Crippen molar-refractivity contribution in [3.63, 3.8) is 0 Å². The first kappa shape index (κ1) is 11.7. The Morgan fingerprint density at radius 1 is 1.25 bits per heavy atom. The molecule has 1 saturated carbocycles. The third kappa shape index (κ3) is 3.11. The number of piperidine rings is 1. The van der Waals surface area contributed by atoms with E-state index >= 15 is 0 Å².